The molecule has 68 valence electrons. The van der Waals surface area contributed by atoms with Crippen molar-refractivity contribution in [3.05, 3.63) is 23.1 Å². The molecule has 0 amide bonds. The van der Waals surface area contributed by atoms with Crippen LogP contribution in [0.1, 0.15) is 5.56 Å². The Bertz CT molecular complexity index is 450. The van der Waals surface area contributed by atoms with Gasteiger partial charge in [-0.15, -0.1) is 11.3 Å². The second-order valence-electron chi connectivity index (χ2n) is 2.78. The molecule has 1 aromatic heterocycles. The molecule has 2 aromatic rings. The smallest absolute Gasteiger partial charge is 0.139 e. The second-order valence-corrected chi connectivity index (χ2v) is 3.70. The van der Waals surface area contributed by atoms with Gasteiger partial charge in [0.05, 0.1) is 12.3 Å². The number of rotatable bonds is 1. The van der Waals surface area contributed by atoms with Gasteiger partial charge in [0.2, 0.25) is 0 Å². The summed E-state index contributed by atoms with van der Waals surface area (Å²) in [5, 5.41) is 21.3. The zero-order chi connectivity index (χ0) is 9.42. The summed E-state index contributed by atoms with van der Waals surface area (Å²) < 4.78 is 0.942. The molecule has 3 nitrogen and oxygen atoms in total. The number of hydrogen-bond acceptors (Lipinski definition) is 4. The number of hydrogen-bond donors (Lipinski definition) is 3. The quantitative estimate of drug-likeness (QED) is 0.479. The molecule has 1 heterocycles. The molecule has 0 aliphatic carbocycles. The van der Waals surface area contributed by atoms with E-state index in [2.05, 4.69) is 0 Å². The van der Waals surface area contributed by atoms with Crippen molar-refractivity contribution in [2.24, 2.45) is 0 Å². The molecule has 0 aliphatic heterocycles. The lowest BCUT2D eigenvalue weighted by Gasteiger charge is -2.05. The van der Waals surface area contributed by atoms with Crippen molar-refractivity contribution < 1.29 is 10.2 Å². The predicted octanol–water partition coefficient (Wildman–Crippen LogP) is 1.68. The molecule has 2 rings (SSSR count). The van der Waals surface area contributed by atoms with Crippen molar-refractivity contribution in [3.8, 4) is 5.75 Å². The molecule has 0 saturated heterocycles. The molecular formula is C9H9NO2S. The summed E-state index contributed by atoms with van der Waals surface area (Å²) in [6, 6.07) is 3.50. The number of phenols is 1. The lowest BCUT2D eigenvalue weighted by Crippen LogP contribution is -1.94. The Kier molecular flexibility index (Phi) is 1.86. The van der Waals surface area contributed by atoms with Gasteiger partial charge in [0.1, 0.15) is 5.75 Å². The fourth-order valence-corrected chi connectivity index (χ4v) is 2.27. The highest BCUT2D eigenvalue weighted by atomic mass is 32.1. The molecule has 0 spiro atoms. The molecule has 0 fully saturated rings. The monoisotopic (exact) mass is 195 g/mol. The van der Waals surface area contributed by atoms with Crippen molar-refractivity contribution in [1.29, 1.82) is 0 Å². The van der Waals surface area contributed by atoms with E-state index in [0.717, 1.165) is 10.1 Å². The van der Waals surface area contributed by atoms with Gasteiger partial charge in [-0.3, -0.25) is 0 Å². The van der Waals surface area contributed by atoms with E-state index in [4.69, 9.17) is 10.8 Å². The van der Waals surface area contributed by atoms with Crippen molar-refractivity contribution >= 4 is 27.1 Å². The average molecular weight is 195 g/mol. The Morgan fingerprint density at radius 2 is 2.23 bits per heavy atom. The molecule has 1 aromatic carbocycles. The van der Waals surface area contributed by atoms with Gasteiger partial charge >= 0.3 is 0 Å². The van der Waals surface area contributed by atoms with Gasteiger partial charge in [0, 0.05) is 10.3 Å². The number of nitrogens with two attached hydrogens (primary N) is 1. The van der Waals surface area contributed by atoms with Gasteiger partial charge < -0.3 is 15.9 Å². The molecule has 0 radical (unpaired) electrons. The standard InChI is InChI=1S/C9H9NO2S/c10-8-6(4-11)9-5(1-2-13-9)3-7(8)12/h1-3,11-12H,4,10H2. The van der Waals surface area contributed by atoms with Crippen molar-refractivity contribution in [1.82, 2.24) is 0 Å². The molecule has 0 bridgehead atoms. The number of aliphatic hydroxyl groups is 1. The first-order valence-electron chi connectivity index (χ1n) is 3.82. The second kappa shape index (κ2) is 2.90. The van der Waals surface area contributed by atoms with Gasteiger partial charge in [0.25, 0.3) is 0 Å². The fraction of sp³-hybridized carbons (Fsp3) is 0.111. The number of aromatic hydroxyl groups is 1. The number of nitrogen functional groups attached to an aromatic ring is 1. The molecule has 13 heavy (non-hydrogen) atoms. The first-order chi connectivity index (χ1) is 6.24. The van der Waals surface area contributed by atoms with E-state index in [9.17, 15) is 5.11 Å². The van der Waals surface area contributed by atoms with Crippen LogP contribution in [0.15, 0.2) is 17.5 Å². The minimum atomic E-state index is -0.142. The van der Waals surface area contributed by atoms with Crippen LogP contribution in [0, 0.1) is 0 Å². The van der Waals surface area contributed by atoms with Crippen LogP contribution in [-0.2, 0) is 6.61 Å². The van der Waals surface area contributed by atoms with Crippen molar-refractivity contribution in [3.63, 3.8) is 0 Å². The molecule has 0 unspecified atom stereocenters. The number of benzene rings is 1. The largest absolute Gasteiger partial charge is 0.506 e. The zero-order valence-electron chi connectivity index (χ0n) is 6.82. The minimum absolute atomic E-state index is 0.0370. The van der Waals surface area contributed by atoms with E-state index in [-0.39, 0.29) is 18.0 Å². The Morgan fingerprint density at radius 3 is 2.92 bits per heavy atom. The van der Waals surface area contributed by atoms with Gasteiger partial charge in [-0.25, -0.2) is 0 Å². The van der Waals surface area contributed by atoms with Gasteiger partial charge in [-0.2, -0.15) is 0 Å². The third kappa shape index (κ3) is 1.15. The van der Waals surface area contributed by atoms with Crippen LogP contribution >= 0.6 is 11.3 Å². The predicted molar refractivity (Wildman–Crippen MR) is 53.8 cm³/mol. The molecule has 0 aliphatic rings. The van der Waals surface area contributed by atoms with Gasteiger partial charge in [-0.1, -0.05) is 0 Å². The highest BCUT2D eigenvalue weighted by molar-refractivity contribution is 7.17. The SMILES string of the molecule is Nc1c(O)cc2ccsc2c1CO. The topological polar surface area (TPSA) is 66.5 Å². The number of fused-ring (bicyclic) bond motifs is 1. The maximum absolute atomic E-state index is 9.42. The van der Waals surface area contributed by atoms with Gasteiger partial charge in [-0.05, 0) is 22.9 Å². The van der Waals surface area contributed by atoms with E-state index in [1.165, 1.54) is 11.3 Å². The van der Waals surface area contributed by atoms with Crippen LogP contribution in [0.3, 0.4) is 0 Å². The lowest BCUT2D eigenvalue weighted by atomic mass is 10.1. The van der Waals surface area contributed by atoms with E-state index in [0.29, 0.717) is 5.56 Å². The summed E-state index contributed by atoms with van der Waals surface area (Å²) in [6.45, 7) is -0.142. The number of anilines is 1. The average Bonchev–Trinajstić information content (AvgIpc) is 2.54. The Labute approximate surface area is 79.0 Å². The summed E-state index contributed by atoms with van der Waals surface area (Å²) in [7, 11) is 0. The van der Waals surface area contributed by atoms with E-state index in [1.807, 2.05) is 11.4 Å². The molecule has 4 N–H and O–H groups in total. The Balaban J connectivity index is 2.87. The van der Waals surface area contributed by atoms with E-state index >= 15 is 0 Å². The Morgan fingerprint density at radius 1 is 1.46 bits per heavy atom. The van der Waals surface area contributed by atoms with Gasteiger partial charge in [0.15, 0.2) is 0 Å². The summed E-state index contributed by atoms with van der Waals surface area (Å²) in [5.41, 5.74) is 6.51. The number of aliphatic hydroxyl groups excluding tert-OH is 1. The summed E-state index contributed by atoms with van der Waals surface area (Å²) in [4.78, 5) is 0. The first-order valence-corrected chi connectivity index (χ1v) is 4.70. The van der Waals surface area contributed by atoms with Crippen LogP contribution in [0.5, 0.6) is 5.75 Å². The maximum atomic E-state index is 9.42. The van der Waals surface area contributed by atoms with E-state index < -0.39 is 0 Å². The van der Waals surface area contributed by atoms with Crippen LogP contribution < -0.4 is 5.73 Å². The van der Waals surface area contributed by atoms with Crippen LogP contribution in [0.4, 0.5) is 5.69 Å². The summed E-state index contributed by atoms with van der Waals surface area (Å²) in [5.74, 6) is 0.0370. The first kappa shape index (κ1) is 8.34. The highest BCUT2D eigenvalue weighted by Gasteiger charge is 2.09. The van der Waals surface area contributed by atoms with E-state index in [1.54, 1.807) is 6.07 Å². The van der Waals surface area contributed by atoms with Crippen molar-refractivity contribution in [2.75, 3.05) is 5.73 Å². The molecular weight excluding hydrogens is 186 g/mol. The maximum Gasteiger partial charge on any atom is 0.139 e. The highest BCUT2D eigenvalue weighted by Crippen LogP contribution is 2.35. The zero-order valence-corrected chi connectivity index (χ0v) is 7.64. The van der Waals surface area contributed by atoms with Crippen molar-refractivity contribution in [2.45, 2.75) is 6.61 Å². The normalized spacial score (nSPS) is 10.8. The molecule has 0 atom stereocenters. The minimum Gasteiger partial charge on any atom is -0.506 e. The molecule has 4 heteroatoms. The molecule has 0 saturated carbocycles. The summed E-state index contributed by atoms with van der Waals surface area (Å²) >= 11 is 1.51. The van der Waals surface area contributed by atoms with Crippen LogP contribution in [0.2, 0.25) is 0 Å². The van der Waals surface area contributed by atoms with Crippen LogP contribution in [-0.4, -0.2) is 10.2 Å². The van der Waals surface area contributed by atoms with Crippen LogP contribution in [0.25, 0.3) is 10.1 Å². The third-order valence-electron chi connectivity index (χ3n) is 2.02. The number of phenolic OH excluding ortho intramolecular Hbond substituents is 1. The summed E-state index contributed by atoms with van der Waals surface area (Å²) in [6.07, 6.45) is 0. The Hall–Kier alpha value is -1.26. The third-order valence-corrected chi connectivity index (χ3v) is 3.01. The number of thiophene rings is 1. The fourth-order valence-electron chi connectivity index (χ4n) is 1.34. The lowest BCUT2D eigenvalue weighted by molar-refractivity contribution is 0.283.